The van der Waals surface area contributed by atoms with Crippen molar-refractivity contribution in [2.75, 3.05) is 7.11 Å². The smallest absolute Gasteiger partial charge is 0.339 e. The second-order valence-corrected chi connectivity index (χ2v) is 6.24. The Bertz CT molecular complexity index is 975. The van der Waals surface area contributed by atoms with Crippen molar-refractivity contribution < 1.29 is 28.8 Å². The Balaban J connectivity index is 2.24. The molecule has 0 aliphatic heterocycles. The predicted octanol–water partition coefficient (Wildman–Crippen LogP) is 3.18. The van der Waals surface area contributed by atoms with Gasteiger partial charge in [0, 0.05) is 17.3 Å². The third-order valence-corrected chi connectivity index (χ3v) is 4.30. The van der Waals surface area contributed by atoms with E-state index in [0.717, 1.165) is 6.07 Å². The number of H-pyrrole nitrogens is 1. The lowest BCUT2D eigenvalue weighted by atomic mass is 10.0. The van der Waals surface area contributed by atoms with E-state index in [4.69, 9.17) is 9.47 Å². The lowest BCUT2D eigenvalue weighted by Crippen LogP contribution is -2.25. The molecule has 0 aliphatic rings. The number of aromatic nitrogens is 1. The normalized spacial score (nSPS) is 11.6. The van der Waals surface area contributed by atoms with Crippen LogP contribution in [0.2, 0.25) is 0 Å². The molecule has 1 aromatic carbocycles. The Kier molecular flexibility index (Phi) is 5.97. The Morgan fingerprint density at radius 2 is 1.86 bits per heavy atom. The second-order valence-electron chi connectivity index (χ2n) is 6.24. The van der Waals surface area contributed by atoms with Crippen LogP contribution < -0.4 is 4.74 Å². The van der Waals surface area contributed by atoms with E-state index >= 15 is 0 Å². The molecule has 0 aliphatic carbocycles. The van der Waals surface area contributed by atoms with E-state index in [9.17, 15) is 24.5 Å². The molecule has 28 heavy (non-hydrogen) atoms. The number of carbonyl (C=O) groups is 3. The zero-order valence-corrected chi connectivity index (χ0v) is 16.1. The highest BCUT2D eigenvalue weighted by molar-refractivity contribution is 6.05. The highest BCUT2D eigenvalue weighted by Gasteiger charge is 2.27. The first-order valence-corrected chi connectivity index (χ1v) is 8.36. The molecule has 0 amide bonds. The molecule has 9 heteroatoms. The molecule has 1 aromatic heterocycles. The fourth-order valence-corrected chi connectivity index (χ4v) is 2.97. The van der Waals surface area contributed by atoms with Gasteiger partial charge >= 0.3 is 11.7 Å². The lowest BCUT2D eigenvalue weighted by molar-refractivity contribution is -0.385. The van der Waals surface area contributed by atoms with Crippen LogP contribution in [0.1, 0.15) is 56.3 Å². The molecule has 0 spiro atoms. The van der Waals surface area contributed by atoms with Gasteiger partial charge in [0.05, 0.1) is 23.3 Å². The molecule has 1 N–H and O–H groups in total. The van der Waals surface area contributed by atoms with E-state index < -0.39 is 28.5 Å². The number of nitrogens with one attached hydrogen (secondary N) is 1. The van der Waals surface area contributed by atoms with Gasteiger partial charge in [-0.05, 0) is 45.4 Å². The van der Waals surface area contributed by atoms with Gasteiger partial charge < -0.3 is 14.5 Å². The number of nitro benzene ring substituents is 1. The second kappa shape index (κ2) is 8.03. The first-order valence-electron chi connectivity index (χ1n) is 8.36. The number of hydrogen-bond acceptors (Lipinski definition) is 7. The van der Waals surface area contributed by atoms with Crippen LogP contribution >= 0.6 is 0 Å². The topological polar surface area (TPSA) is 129 Å². The summed E-state index contributed by atoms with van der Waals surface area (Å²) in [6.07, 6.45) is -1.16. The summed E-state index contributed by atoms with van der Waals surface area (Å²) >= 11 is 0. The number of ketones is 2. The van der Waals surface area contributed by atoms with Gasteiger partial charge in [0.2, 0.25) is 5.78 Å². The number of nitro groups is 1. The van der Waals surface area contributed by atoms with E-state index in [2.05, 4.69) is 4.98 Å². The van der Waals surface area contributed by atoms with Gasteiger partial charge in [0.1, 0.15) is 0 Å². The van der Waals surface area contributed by atoms with E-state index in [0.29, 0.717) is 16.8 Å². The number of carbonyl (C=O) groups excluding carboxylic acids is 3. The van der Waals surface area contributed by atoms with Crippen molar-refractivity contribution in [3.63, 3.8) is 0 Å². The number of benzene rings is 1. The first kappa shape index (κ1) is 20.8. The first-order chi connectivity index (χ1) is 13.1. The maximum absolute atomic E-state index is 12.6. The van der Waals surface area contributed by atoms with Gasteiger partial charge in [-0.1, -0.05) is 0 Å². The van der Waals surface area contributed by atoms with E-state index in [1.807, 2.05) is 0 Å². The number of hydrogen-bond donors (Lipinski definition) is 1. The molecule has 2 rings (SSSR count). The molecule has 2 aromatic rings. The number of methoxy groups -OCH3 is 1. The van der Waals surface area contributed by atoms with Crippen LogP contribution in [0.15, 0.2) is 18.2 Å². The number of aromatic amines is 1. The molecule has 0 unspecified atom stereocenters. The molecular formula is C19H20N2O7. The Labute approximate surface area is 160 Å². The molecule has 0 radical (unpaired) electrons. The zero-order valence-electron chi connectivity index (χ0n) is 16.1. The van der Waals surface area contributed by atoms with Gasteiger partial charge in [-0.3, -0.25) is 19.7 Å². The summed E-state index contributed by atoms with van der Waals surface area (Å²) < 4.78 is 10.1. The van der Waals surface area contributed by atoms with Gasteiger partial charge in [0.25, 0.3) is 0 Å². The largest absolute Gasteiger partial charge is 0.490 e. The summed E-state index contributed by atoms with van der Waals surface area (Å²) in [6, 6.07) is 3.61. The third kappa shape index (κ3) is 3.93. The average molecular weight is 388 g/mol. The molecule has 148 valence electrons. The zero-order chi connectivity index (χ0) is 21.2. The summed E-state index contributed by atoms with van der Waals surface area (Å²) in [5.74, 6) is -1.58. The summed E-state index contributed by atoms with van der Waals surface area (Å²) in [6.45, 7) is 6.10. The van der Waals surface area contributed by atoms with Crippen LogP contribution in [0.4, 0.5) is 5.69 Å². The minimum Gasteiger partial charge on any atom is -0.490 e. The van der Waals surface area contributed by atoms with Crippen molar-refractivity contribution >= 4 is 23.2 Å². The highest BCUT2D eigenvalue weighted by atomic mass is 16.6. The molecule has 0 saturated heterocycles. The summed E-state index contributed by atoms with van der Waals surface area (Å²) in [5, 5.41) is 11.1. The fourth-order valence-electron chi connectivity index (χ4n) is 2.97. The maximum Gasteiger partial charge on any atom is 0.339 e. The summed E-state index contributed by atoms with van der Waals surface area (Å²) in [4.78, 5) is 50.0. The van der Waals surface area contributed by atoms with Crippen molar-refractivity contribution in [1.29, 1.82) is 0 Å². The van der Waals surface area contributed by atoms with E-state index in [-0.39, 0.29) is 22.8 Å². The average Bonchev–Trinajstić information content (AvgIpc) is 2.94. The monoisotopic (exact) mass is 388 g/mol. The van der Waals surface area contributed by atoms with Crippen molar-refractivity contribution in [2.45, 2.75) is 33.8 Å². The van der Waals surface area contributed by atoms with Crippen LogP contribution in [0, 0.1) is 24.0 Å². The number of nitrogens with zero attached hydrogens (tertiary/aromatic N) is 1. The highest BCUT2D eigenvalue weighted by Crippen LogP contribution is 2.28. The quantitative estimate of drug-likeness (QED) is 0.334. The van der Waals surface area contributed by atoms with E-state index in [1.54, 1.807) is 13.8 Å². The third-order valence-electron chi connectivity index (χ3n) is 4.30. The number of rotatable bonds is 7. The van der Waals surface area contributed by atoms with Gasteiger partial charge in [-0.2, -0.15) is 0 Å². The standard InChI is InChI=1S/C19H20N2O7/c1-9-16(11(3)22)10(2)20-17(9)18(23)12(4)28-19(24)13-6-7-15(27-5)14(8-13)21(25)26/h6-8,12,20H,1-5H3/t12-/m1/s1. The summed E-state index contributed by atoms with van der Waals surface area (Å²) in [5.41, 5.74) is 1.17. The molecule has 9 nitrogen and oxygen atoms in total. The Morgan fingerprint density at radius 3 is 2.36 bits per heavy atom. The number of esters is 1. The number of aryl methyl sites for hydroxylation is 1. The van der Waals surface area contributed by atoms with Crippen molar-refractivity contribution in [3.05, 3.63) is 56.4 Å². The van der Waals surface area contributed by atoms with Gasteiger partial charge in [-0.25, -0.2) is 4.79 Å². The fraction of sp³-hybridized carbons (Fsp3) is 0.316. The number of ether oxygens (including phenoxy) is 2. The molecule has 1 heterocycles. The van der Waals surface area contributed by atoms with Crippen LogP contribution in [-0.4, -0.2) is 40.7 Å². The SMILES string of the molecule is COc1ccc(C(=O)O[C@H](C)C(=O)c2[nH]c(C)c(C(C)=O)c2C)cc1[N+](=O)[O-]. The minimum atomic E-state index is -1.16. The molecule has 0 fully saturated rings. The molecular weight excluding hydrogens is 368 g/mol. The predicted molar refractivity (Wildman–Crippen MR) is 99.1 cm³/mol. The van der Waals surface area contributed by atoms with E-state index in [1.165, 1.54) is 33.1 Å². The Morgan fingerprint density at radius 1 is 1.21 bits per heavy atom. The van der Waals surface area contributed by atoms with Crippen LogP contribution in [-0.2, 0) is 4.74 Å². The van der Waals surface area contributed by atoms with Crippen molar-refractivity contribution in [2.24, 2.45) is 0 Å². The van der Waals surface area contributed by atoms with Gasteiger partial charge in [-0.15, -0.1) is 0 Å². The molecule has 0 saturated carbocycles. The van der Waals surface area contributed by atoms with Crippen molar-refractivity contribution in [3.8, 4) is 5.75 Å². The van der Waals surface area contributed by atoms with Crippen molar-refractivity contribution in [1.82, 2.24) is 4.98 Å². The van der Waals surface area contributed by atoms with Crippen LogP contribution in [0.5, 0.6) is 5.75 Å². The minimum absolute atomic E-state index is 0.0000717. The van der Waals surface area contributed by atoms with Gasteiger partial charge in [0.15, 0.2) is 17.6 Å². The summed E-state index contributed by atoms with van der Waals surface area (Å²) in [7, 11) is 1.27. The molecule has 1 atom stereocenters. The number of Topliss-reactive ketones (excluding diaryl/α,β-unsaturated/α-hetero) is 2. The lowest BCUT2D eigenvalue weighted by Gasteiger charge is -2.12. The Hall–Kier alpha value is -3.49. The van der Waals surface area contributed by atoms with Crippen LogP contribution in [0.3, 0.4) is 0 Å². The van der Waals surface area contributed by atoms with Crippen LogP contribution in [0.25, 0.3) is 0 Å². The molecule has 0 bridgehead atoms. The maximum atomic E-state index is 12.6.